The van der Waals surface area contributed by atoms with Crippen LogP contribution in [0.1, 0.15) is 31.4 Å². The Morgan fingerprint density at radius 2 is 2.24 bits per heavy atom. The fraction of sp³-hybridized carbons (Fsp3) is 0.467. The molecule has 1 aliphatic rings. The molecule has 1 aromatic rings. The third kappa shape index (κ3) is 3.93. The van der Waals surface area contributed by atoms with Gasteiger partial charge in [-0.1, -0.05) is 12.1 Å². The van der Waals surface area contributed by atoms with E-state index in [0.717, 1.165) is 0 Å². The molecule has 1 fully saturated rings. The van der Waals surface area contributed by atoms with Gasteiger partial charge in [-0.05, 0) is 37.5 Å². The predicted octanol–water partition coefficient (Wildman–Crippen LogP) is 2.39. The number of carboxylic acid groups (broad SMARTS) is 1. The van der Waals surface area contributed by atoms with E-state index in [1.165, 1.54) is 17.0 Å². The molecule has 1 saturated heterocycles. The van der Waals surface area contributed by atoms with Crippen molar-refractivity contribution in [2.45, 2.75) is 25.8 Å². The number of urea groups is 1. The number of carboxylic acids is 1. The number of nitrogens with one attached hydrogen (secondary N) is 1. The number of halogens is 1. The Bertz CT molecular complexity index is 535. The zero-order chi connectivity index (χ0) is 15.4. The number of piperidine rings is 1. The lowest BCUT2D eigenvalue weighted by Crippen LogP contribution is -2.47. The summed E-state index contributed by atoms with van der Waals surface area (Å²) in [6.45, 7) is 2.54. The Morgan fingerprint density at radius 3 is 2.90 bits per heavy atom. The van der Waals surface area contributed by atoms with Crippen molar-refractivity contribution in [1.82, 2.24) is 10.2 Å². The Hall–Kier alpha value is -2.11. The molecule has 2 atom stereocenters. The number of nitrogens with zero attached hydrogens (tertiary/aromatic N) is 1. The van der Waals surface area contributed by atoms with E-state index in [9.17, 15) is 14.0 Å². The van der Waals surface area contributed by atoms with Gasteiger partial charge < -0.3 is 15.3 Å². The SMILES string of the molecule is CC(NC(=O)N1CCC[C@H](C(=O)O)C1)c1cccc(F)c1. The molecule has 2 amide bonds. The van der Waals surface area contributed by atoms with Crippen LogP contribution in [0.2, 0.25) is 0 Å². The van der Waals surface area contributed by atoms with Gasteiger partial charge in [-0.3, -0.25) is 4.79 Å². The average molecular weight is 294 g/mol. The number of amides is 2. The molecule has 1 unspecified atom stereocenters. The van der Waals surface area contributed by atoms with Crippen LogP contribution in [0.25, 0.3) is 0 Å². The molecule has 1 aliphatic heterocycles. The van der Waals surface area contributed by atoms with Gasteiger partial charge in [0.05, 0.1) is 12.0 Å². The molecule has 2 rings (SSSR count). The van der Waals surface area contributed by atoms with Crippen LogP contribution in [-0.2, 0) is 4.79 Å². The first-order valence-corrected chi connectivity index (χ1v) is 7.01. The maximum Gasteiger partial charge on any atom is 0.317 e. The summed E-state index contributed by atoms with van der Waals surface area (Å²) in [5, 5.41) is 11.8. The van der Waals surface area contributed by atoms with Gasteiger partial charge in [-0.25, -0.2) is 9.18 Å². The van der Waals surface area contributed by atoms with Crippen molar-refractivity contribution in [3.05, 3.63) is 35.6 Å². The van der Waals surface area contributed by atoms with Crippen molar-refractivity contribution in [2.24, 2.45) is 5.92 Å². The monoisotopic (exact) mass is 294 g/mol. The molecule has 1 aromatic carbocycles. The summed E-state index contributed by atoms with van der Waals surface area (Å²) in [5.74, 6) is -1.72. The zero-order valence-electron chi connectivity index (χ0n) is 11.9. The van der Waals surface area contributed by atoms with Crippen LogP contribution < -0.4 is 5.32 Å². The molecule has 21 heavy (non-hydrogen) atoms. The molecular weight excluding hydrogens is 275 g/mol. The second-order valence-electron chi connectivity index (χ2n) is 5.35. The van der Waals surface area contributed by atoms with E-state index in [-0.39, 0.29) is 24.4 Å². The van der Waals surface area contributed by atoms with E-state index in [1.807, 2.05) is 0 Å². The second-order valence-corrected chi connectivity index (χ2v) is 5.35. The van der Waals surface area contributed by atoms with Crippen molar-refractivity contribution >= 4 is 12.0 Å². The van der Waals surface area contributed by atoms with E-state index in [4.69, 9.17) is 5.11 Å². The average Bonchev–Trinajstić information content (AvgIpc) is 2.47. The third-order valence-corrected chi connectivity index (χ3v) is 3.75. The fourth-order valence-corrected chi connectivity index (χ4v) is 2.50. The van der Waals surface area contributed by atoms with Crippen molar-refractivity contribution in [3.8, 4) is 0 Å². The highest BCUT2D eigenvalue weighted by molar-refractivity contribution is 5.76. The van der Waals surface area contributed by atoms with Crippen LogP contribution in [0.4, 0.5) is 9.18 Å². The normalized spacial score (nSPS) is 19.9. The van der Waals surface area contributed by atoms with Gasteiger partial charge in [0.25, 0.3) is 0 Å². The fourth-order valence-electron chi connectivity index (χ4n) is 2.50. The zero-order valence-corrected chi connectivity index (χ0v) is 11.9. The Labute approximate surface area is 122 Å². The number of benzene rings is 1. The van der Waals surface area contributed by atoms with Crippen LogP contribution in [0, 0.1) is 11.7 Å². The molecule has 0 aromatic heterocycles. The van der Waals surface area contributed by atoms with E-state index < -0.39 is 11.9 Å². The minimum Gasteiger partial charge on any atom is -0.481 e. The third-order valence-electron chi connectivity index (χ3n) is 3.75. The highest BCUT2D eigenvalue weighted by atomic mass is 19.1. The minimum atomic E-state index is -0.870. The van der Waals surface area contributed by atoms with Crippen molar-refractivity contribution in [1.29, 1.82) is 0 Å². The van der Waals surface area contributed by atoms with Gasteiger partial charge in [-0.15, -0.1) is 0 Å². The van der Waals surface area contributed by atoms with Crippen LogP contribution in [-0.4, -0.2) is 35.1 Å². The molecule has 5 nitrogen and oxygen atoms in total. The van der Waals surface area contributed by atoms with Crippen LogP contribution >= 0.6 is 0 Å². The summed E-state index contributed by atoms with van der Waals surface area (Å²) < 4.78 is 13.2. The molecule has 2 N–H and O–H groups in total. The first kappa shape index (κ1) is 15.3. The smallest absolute Gasteiger partial charge is 0.317 e. The van der Waals surface area contributed by atoms with Crippen LogP contribution in [0.5, 0.6) is 0 Å². The lowest BCUT2D eigenvalue weighted by Gasteiger charge is -2.31. The molecule has 0 spiro atoms. The maximum absolute atomic E-state index is 13.2. The molecule has 0 aliphatic carbocycles. The van der Waals surface area contributed by atoms with E-state index in [2.05, 4.69) is 5.32 Å². The molecule has 0 saturated carbocycles. The Balaban J connectivity index is 1.96. The molecule has 6 heteroatoms. The van der Waals surface area contributed by atoms with Gasteiger partial charge in [0.2, 0.25) is 0 Å². The number of likely N-dealkylation sites (tertiary alicyclic amines) is 1. The summed E-state index contributed by atoms with van der Waals surface area (Å²) >= 11 is 0. The lowest BCUT2D eigenvalue weighted by atomic mass is 9.98. The highest BCUT2D eigenvalue weighted by Crippen LogP contribution is 2.18. The Morgan fingerprint density at radius 1 is 1.48 bits per heavy atom. The summed E-state index contributed by atoms with van der Waals surface area (Å²) in [7, 11) is 0. The first-order chi connectivity index (χ1) is 9.97. The second kappa shape index (κ2) is 6.56. The molecular formula is C15H19FN2O3. The molecule has 0 radical (unpaired) electrons. The van der Waals surface area contributed by atoms with Crippen molar-refractivity contribution < 1.29 is 19.1 Å². The van der Waals surface area contributed by atoms with Crippen LogP contribution in [0.3, 0.4) is 0 Å². The summed E-state index contributed by atoms with van der Waals surface area (Å²) in [4.78, 5) is 24.7. The molecule has 1 heterocycles. The number of hydrogen-bond donors (Lipinski definition) is 2. The summed E-state index contributed by atoms with van der Waals surface area (Å²) in [6, 6.07) is 5.41. The van der Waals surface area contributed by atoms with E-state index >= 15 is 0 Å². The first-order valence-electron chi connectivity index (χ1n) is 7.01. The van der Waals surface area contributed by atoms with Gasteiger partial charge in [0, 0.05) is 13.1 Å². The largest absolute Gasteiger partial charge is 0.481 e. The number of carbonyl (C=O) groups excluding carboxylic acids is 1. The van der Waals surface area contributed by atoms with Crippen molar-refractivity contribution in [2.75, 3.05) is 13.1 Å². The van der Waals surface area contributed by atoms with E-state index in [0.29, 0.717) is 24.9 Å². The standard InChI is InChI=1S/C15H19FN2O3/c1-10(11-4-2-6-13(16)8-11)17-15(21)18-7-3-5-12(9-18)14(19)20/h2,4,6,8,10,12H,3,5,7,9H2,1H3,(H,17,21)(H,19,20)/t10?,12-/m0/s1. The molecule has 114 valence electrons. The predicted molar refractivity (Wildman–Crippen MR) is 75.3 cm³/mol. The van der Waals surface area contributed by atoms with Gasteiger partial charge in [0.15, 0.2) is 0 Å². The maximum atomic E-state index is 13.2. The number of carbonyl (C=O) groups is 2. The number of aliphatic carboxylic acids is 1. The lowest BCUT2D eigenvalue weighted by molar-refractivity contribution is -0.143. The number of hydrogen-bond acceptors (Lipinski definition) is 2. The summed E-state index contributed by atoms with van der Waals surface area (Å²) in [5.41, 5.74) is 0.676. The Kier molecular flexibility index (Phi) is 4.77. The quantitative estimate of drug-likeness (QED) is 0.899. The van der Waals surface area contributed by atoms with Crippen molar-refractivity contribution in [3.63, 3.8) is 0 Å². The highest BCUT2D eigenvalue weighted by Gasteiger charge is 2.28. The number of rotatable bonds is 3. The van der Waals surface area contributed by atoms with Gasteiger partial charge in [0.1, 0.15) is 5.82 Å². The van der Waals surface area contributed by atoms with Crippen LogP contribution in [0.15, 0.2) is 24.3 Å². The van der Waals surface area contributed by atoms with Gasteiger partial charge >= 0.3 is 12.0 Å². The van der Waals surface area contributed by atoms with Gasteiger partial charge in [-0.2, -0.15) is 0 Å². The topological polar surface area (TPSA) is 69.6 Å². The molecule has 0 bridgehead atoms. The minimum absolute atomic E-state index is 0.219. The van der Waals surface area contributed by atoms with E-state index in [1.54, 1.807) is 19.1 Å². The summed E-state index contributed by atoms with van der Waals surface area (Å²) in [6.07, 6.45) is 1.28.